The highest BCUT2D eigenvalue weighted by Gasteiger charge is 2.41. The first kappa shape index (κ1) is 44.2. The second-order valence-corrected chi connectivity index (χ2v) is 18.9. The predicted octanol–water partition coefficient (Wildman–Crippen LogP) is 0.797. The van der Waals surface area contributed by atoms with Gasteiger partial charge >= 0.3 is 15.6 Å². The largest absolute Gasteiger partial charge is 0.756 e. The fourth-order valence-corrected chi connectivity index (χ4v) is 10.1. The molecule has 22 nitrogen and oxygen atoms in total. The van der Waals surface area contributed by atoms with Crippen LogP contribution in [0.4, 0.5) is 11.6 Å². The van der Waals surface area contributed by atoms with Gasteiger partial charge in [-0.05, 0) is 30.7 Å². The van der Waals surface area contributed by atoms with Crippen molar-refractivity contribution in [3.63, 3.8) is 0 Å². The molecule has 26 heteroatoms. The van der Waals surface area contributed by atoms with Gasteiger partial charge in [-0.15, -0.1) is 11.3 Å². The van der Waals surface area contributed by atoms with E-state index in [0.717, 1.165) is 31.8 Å². The van der Waals surface area contributed by atoms with Crippen molar-refractivity contribution in [2.75, 3.05) is 51.5 Å². The van der Waals surface area contributed by atoms with E-state index in [9.17, 15) is 43.1 Å². The molecule has 8 N–H and O–H groups in total. The fourth-order valence-electron chi connectivity index (χ4n) is 6.08. The highest BCUT2D eigenvalue weighted by molar-refractivity contribution is 7.66. The molecule has 3 unspecified atom stereocenters. The molecule has 59 heavy (non-hydrogen) atoms. The summed E-state index contributed by atoms with van der Waals surface area (Å²) in [5.74, 6) is 5.16. The van der Waals surface area contributed by atoms with Crippen LogP contribution >= 0.6 is 34.8 Å². The summed E-state index contributed by atoms with van der Waals surface area (Å²) in [6.07, 6.45) is -1.80. The van der Waals surface area contributed by atoms with Gasteiger partial charge in [-0.25, -0.2) is 23.0 Å². The zero-order valence-corrected chi connectivity index (χ0v) is 35.0. The maximum Gasteiger partial charge on any atom is 0.487 e. The van der Waals surface area contributed by atoms with Gasteiger partial charge in [0.15, 0.2) is 5.65 Å². The number of phosphoric ester groups is 1. The number of nitrogen functional groups attached to an aromatic ring is 1. The van der Waals surface area contributed by atoms with Crippen molar-refractivity contribution in [3.8, 4) is 22.4 Å². The van der Waals surface area contributed by atoms with Crippen molar-refractivity contribution in [1.29, 1.82) is 0 Å². The zero-order chi connectivity index (χ0) is 42.9. The number of nitrogens with two attached hydrogens (primary N) is 1. The number of phosphoric acid groups is 3. The number of carbonyl (C=O) groups is 1. The van der Waals surface area contributed by atoms with Crippen LogP contribution in [0.3, 0.4) is 0 Å². The van der Waals surface area contributed by atoms with Crippen LogP contribution in [-0.4, -0.2) is 98.3 Å². The van der Waals surface area contributed by atoms with Crippen LogP contribution in [0.25, 0.3) is 31.8 Å². The third-order valence-corrected chi connectivity index (χ3v) is 13.7. The molecule has 3 aliphatic rings. The summed E-state index contributed by atoms with van der Waals surface area (Å²) in [6.45, 7) is -0.370. The van der Waals surface area contributed by atoms with Gasteiger partial charge in [0.2, 0.25) is 17.2 Å². The molecular formula is C33H39N8O14P3S. The Balaban J connectivity index is 1.04. The molecule has 3 aromatic rings. The Morgan fingerprint density at radius 1 is 1.17 bits per heavy atom. The number of hydrogen-bond acceptors (Lipinski definition) is 16. The summed E-state index contributed by atoms with van der Waals surface area (Å²) in [7, 11) is -11.2. The molecule has 1 aliphatic carbocycles. The number of hydrogen-bond donors (Lipinski definition) is 7. The molecule has 1 fully saturated rings. The van der Waals surface area contributed by atoms with Crippen LogP contribution in [0.15, 0.2) is 47.4 Å². The summed E-state index contributed by atoms with van der Waals surface area (Å²) >= 11 is 1.67. The van der Waals surface area contributed by atoms with E-state index in [1.54, 1.807) is 11.3 Å². The topological polar surface area (TPSA) is 317 Å². The number of ether oxygens (including phenoxy) is 1. The first-order chi connectivity index (χ1) is 27.7. The van der Waals surface area contributed by atoms with E-state index in [1.165, 1.54) is 10.8 Å². The Kier molecular flexibility index (Phi) is 13.3. The van der Waals surface area contributed by atoms with Crippen LogP contribution in [0.1, 0.15) is 31.1 Å². The maximum absolute atomic E-state index is 12.9. The lowest BCUT2D eigenvalue weighted by Gasteiger charge is -2.21. The summed E-state index contributed by atoms with van der Waals surface area (Å²) in [6, 6.07) is 12.3. The molecule has 0 bridgehead atoms. The SMILES string of the molecule is CN(CCCC(=O)NCC#Cc1cn([C@H]2C[C@H](O)[C@@H](COP(=O)(O)OP(=O)(O)OP(=O)([O-])O)O2)c2nc(N)[nH]c(=O)c12)c1ccc2nc3ccc(=[N+](C)C)cc-3sc2c1. The van der Waals surface area contributed by atoms with E-state index in [2.05, 4.69) is 57.3 Å². The molecule has 2 aromatic heterocycles. The number of anilines is 2. The van der Waals surface area contributed by atoms with Crippen LogP contribution < -0.4 is 36.3 Å². The van der Waals surface area contributed by atoms with E-state index in [4.69, 9.17) is 20.3 Å². The number of benzene rings is 2. The molecule has 0 saturated carbocycles. The van der Waals surface area contributed by atoms with Gasteiger partial charge in [0.25, 0.3) is 13.4 Å². The van der Waals surface area contributed by atoms with Gasteiger partial charge < -0.3 is 49.9 Å². The monoisotopic (exact) mass is 896 g/mol. The van der Waals surface area contributed by atoms with Crippen LogP contribution in [0.2, 0.25) is 0 Å². The first-order valence-corrected chi connectivity index (χ1v) is 22.8. The third-order valence-electron chi connectivity index (χ3n) is 8.83. The van der Waals surface area contributed by atoms with Gasteiger partial charge in [0.05, 0.1) is 51.0 Å². The van der Waals surface area contributed by atoms with Crippen LogP contribution in [0, 0.1) is 11.8 Å². The summed E-state index contributed by atoms with van der Waals surface area (Å²) in [5.41, 5.74) is 8.15. The van der Waals surface area contributed by atoms with Gasteiger partial charge in [-0.3, -0.25) is 23.7 Å². The molecule has 1 saturated heterocycles. The number of aliphatic hydroxyl groups is 1. The minimum Gasteiger partial charge on any atom is -0.756 e. The number of aromatic nitrogens is 4. The number of fused-ring (bicyclic) bond motifs is 3. The normalized spacial score (nSPS) is 19.8. The number of aromatic amines is 1. The number of amides is 1. The fraction of sp³-hybridized carbons (Fsp3) is 0.364. The second-order valence-electron chi connectivity index (χ2n) is 13.4. The number of H-pyrrole nitrogens is 1. The van der Waals surface area contributed by atoms with E-state index in [1.807, 2.05) is 50.0 Å². The molecule has 0 spiro atoms. The summed E-state index contributed by atoms with van der Waals surface area (Å²) < 4.78 is 56.5. The van der Waals surface area contributed by atoms with Crippen LogP contribution in [0.5, 0.6) is 0 Å². The minimum absolute atomic E-state index is 0.0123. The van der Waals surface area contributed by atoms with E-state index in [-0.39, 0.29) is 47.8 Å². The third kappa shape index (κ3) is 11.3. The summed E-state index contributed by atoms with van der Waals surface area (Å²) in [5, 5.41) is 14.4. The number of aliphatic hydroxyl groups excluding tert-OH is 1. The average molecular weight is 897 g/mol. The van der Waals surface area contributed by atoms with E-state index >= 15 is 0 Å². The highest BCUT2D eigenvalue weighted by atomic mass is 32.1. The Morgan fingerprint density at radius 3 is 2.66 bits per heavy atom. The standard InChI is InChI=1S/C33H39N8O14P3S/c1-39(2)20-8-10-22-26(14-20)59-27-15-21(9-11-23(27)36-22)40(3)13-5-7-28(43)35-12-4-6-19-17-41(31-30(19)32(44)38-33(34)37-31)29-16-24(42)25(53-29)18-52-57(48,49)55-58(50,51)54-56(45,46)47/h8-11,14-15,17,24-25,29,42H,5,7,12-13,16,18H2,1-3H3,(H7-,34,35,37,38,43,44,45,46,47,48,49,50,51)/t24-,25+,29+/m0/s1. The minimum atomic E-state index is -5.85. The van der Waals surface area contributed by atoms with Gasteiger partial charge in [0, 0.05) is 50.5 Å². The number of nitrogens with one attached hydrogen (secondary N) is 2. The van der Waals surface area contributed by atoms with E-state index in [0.29, 0.717) is 13.0 Å². The van der Waals surface area contributed by atoms with Gasteiger partial charge in [-0.1, -0.05) is 11.8 Å². The van der Waals surface area contributed by atoms with Gasteiger partial charge in [-0.2, -0.15) is 9.29 Å². The molecule has 4 heterocycles. The Morgan fingerprint density at radius 2 is 1.93 bits per heavy atom. The predicted molar refractivity (Wildman–Crippen MR) is 213 cm³/mol. The molecule has 2 aliphatic heterocycles. The molecule has 1 aromatic carbocycles. The van der Waals surface area contributed by atoms with Crippen molar-refractivity contribution in [3.05, 3.63) is 63.9 Å². The van der Waals surface area contributed by atoms with E-state index < -0.39 is 54.1 Å². The lowest BCUT2D eigenvalue weighted by molar-refractivity contribution is -0.212. The van der Waals surface area contributed by atoms with Crippen molar-refractivity contribution >= 4 is 73.6 Å². The van der Waals surface area contributed by atoms with Crippen molar-refractivity contribution in [2.24, 2.45) is 0 Å². The van der Waals surface area contributed by atoms with Crippen molar-refractivity contribution in [1.82, 2.24) is 29.4 Å². The molecule has 316 valence electrons. The molecule has 0 radical (unpaired) electrons. The smallest absolute Gasteiger partial charge is 0.487 e. The quantitative estimate of drug-likeness (QED) is 0.0351. The molecule has 6 rings (SSSR count). The van der Waals surface area contributed by atoms with Gasteiger partial charge in [0.1, 0.15) is 26.4 Å². The Labute approximate surface area is 338 Å². The lowest BCUT2D eigenvalue weighted by Crippen LogP contribution is -2.26. The highest BCUT2D eigenvalue weighted by Crippen LogP contribution is 2.65. The second kappa shape index (κ2) is 17.7. The lowest BCUT2D eigenvalue weighted by atomic mass is 10.2. The number of carbonyl (C=O) groups excluding carboxylic acids is 1. The molecule has 1 amide bonds. The maximum atomic E-state index is 12.9. The van der Waals surface area contributed by atoms with Crippen molar-refractivity contribution in [2.45, 2.75) is 37.7 Å². The number of nitrogens with zero attached hydrogens (tertiary/aromatic N) is 5. The average Bonchev–Trinajstić information content (AvgIpc) is 3.69. The first-order valence-electron chi connectivity index (χ1n) is 17.5. The summed E-state index contributed by atoms with van der Waals surface area (Å²) in [4.78, 5) is 78.5. The zero-order valence-electron chi connectivity index (χ0n) is 31.5. The van der Waals surface area contributed by atoms with Crippen LogP contribution in [-0.2, 0) is 36.4 Å². The Bertz CT molecular complexity index is 2720. The van der Waals surface area contributed by atoms with Crippen molar-refractivity contribution < 1.29 is 61.1 Å². The Hall–Kier alpha value is -4.36. The number of rotatable bonds is 14. The molecule has 6 atom stereocenters. The molecular weight excluding hydrogens is 857 g/mol.